The number of nitrogens with zero attached hydrogens (tertiary/aromatic N) is 5. The van der Waals surface area contributed by atoms with Crippen LogP contribution < -0.4 is 20.3 Å². The van der Waals surface area contributed by atoms with E-state index in [2.05, 4.69) is 27.6 Å². The molecule has 2 amide bonds. The summed E-state index contributed by atoms with van der Waals surface area (Å²) in [4.78, 5) is 24.5. The van der Waals surface area contributed by atoms with E-state index in [1.807, 2.05) is 24.3 Å². The molecule has 6 rings (SSSR count). The third-order valence-electron chi connectivity index (χ3n) is 6.89. The molecule has 0 radical (unpaired) electrons. The quantitative estimate of drug-likeness (QED) is 0.594. The number of carbonyl (C=O) groups is 1. The third kappa shape index (κ3) is 4.41. The zero-order valence-electron chi connectivity index (χ0n) is 20.0. The van der Waals surface area contributed by atoms with Crippen LogP contribution >= 0.6 is 0 Å². The summed E-state index contributed by atoms with van der Waals surface area (Å²) < 4.78 is 13.7. The van der Waals surface area contributed by atoms with E-state index in [0.717, 1.165) is 49.2 Å². The summed E-state index contributed by atoms with van der Waals surface area (Å²) in [6.45, 7) is 4.32. The van der Waals surface area contributed by atoms with Crippen molar-refractivity contribution in [3.05, 3.63) is 42.1 Å². The number of hydrogen-bond acceptors (Lipinski definition) is 7. The second-order valence-corrected chi connectivity index (χ2v) is 9.59. The molecule has 182 valence electrons. The largest absolute Gasteiger partial charge is 0.471 e. The number of amides is 2. The lowest BCUT2D eigenvalue weighted by atomic mass is 10.0. The smallest absolute Gasteiger partial charge is 0.324 e. The third-order valence-corrected chi connectivity index (χ3v) is 6.89. The van der Waals surface area contributed by atoms with Crippen molar-refractivity contribution in [1.29, 1.82) is 0 Å². The van der Waals surface area contributed by atoms with Crippen LogP contribution in [0.4, 0.5) is 22.1 Å². The average Bonchev–Trinajstić information content (AvgIpc) is 3.47. The van der Waals surface area contributed by atoms with Crippen LogP contribution in [0.2, 0.25) is 0 Å². The van der Waals surface area contributed by atoms with Gasteiger partial charge in [0.1, 0.15) is 11.4 Å². The molecule has 1 saturated carbocycles. The van der Waals surface area contributed by atoms with Crippen LogP contribution in [-0.4, -0.2) is 57.2 Å². The highest BCUT2D eigenvalue weighted by Gasteiger charge is 2.49. The highest BCUT2D eigenvalue weighted by molar-refractivity contribution is 5.99. The van der Waals surface area contributed by atoms with Gasteiger partial charge in [0.25, 0.3) is 0 Å². The van der Waals surface area contributed by atoms with Crippen LogP contribution in [0, 0.1) is 0 Å². The summed E-state index contributed by atoms with van der Waals surface area (Å²) in [5.74, 6) is 2.78. The lowest BCUT2D eigenvalue weighted by molar-refractivity contribution is 0.0978. The van der Waals surface area contributed by atoms with E-state index < -0.39 is 0 Å². The minimum absolute atomic E-state index is 0.0265. The maximum absolute atomic E-state index is 12.3. The molecule has 1 aromatic carbocycles. The molecule has 10 nitrogen and oxygen atoms in total. The maximum Gasteiger partial charge on any atom is 0.324 e. The van der Waals surface area contributed by atoms with Gasteiger partial charge in [-0.2, -0.15) is 10.1 Å². The number of anilines is 3. The Hall–Kier alpha value is -3.66. The number of aryl methyl sites for hydroxylation is 1. The van der Waals surface area contributed by atoms with Crippen LogP contribution in [0.1, 0.15) is 31.7 Å². The summed E-state index contributed by atoms with van der Waals surface area (Å²) in [6.07, 6.45) is 5.91. The first-order valence-electron chi connectivity index (χ1n) is 12.1. The van der Waals surface area contributed by atoms with E-state index in [1.54, 1.807) is 24.0 Å². The van der Waals surface area contributed by atoms with Crippen molar-refractivity contribution in [1.82, 2.24) is 19.7 Å². The summed E-state index contributed by atoms with van der Waals surface area (Å²) in [5.41, 5.74) is 2.60. The van der Waals surface area contributed by atoms with Gasteiger partial charge < -0.3 is 19.7 Å². The summed E-state index contributed by atoms with van der Waals surface area (Å²) in [5, 5.41) is 9.70. The van der Waals surface area contributed by atoms with E-state index in [4.69, 9.17) is 19.4 Å². The number of aromatic nitrogens is 4. The fourth-order valence-corrected chi connectivity index (χ4v) is 4.73. The molecular formula is C25H29N7O3. The van der Waals surface area contributed by atoms with E-state index in [9.17, 15) is 4.79 Å². The summed E-state index contributed by atoms with van der Waals surface area (Å²) in [6, 6.07) is 9.13. The number of nitrogens with one attached hydrogen (secondary N) is 2. The van der Waals surface area contributed by atoms with Crippen molar-refractivity contribution in [3.8, 4) is 17.3 Å². The molecule has 1 aliphatic carbocycles. The van der Waals surface area contributed by atoms with Gasteiger partial charge in [0.05, 0.1) is 24.8 Å². The van der Waals surface area contributed by atoms with E-state index in [-0.39, 0.29) is 17.7 Å². The number of benzene rings is 1. The number of ether oxygens (including phenoxy) is 2. The van der Waals surface area contributed by atoms with Gasteiger partial charge in [0, 0.05) is 37.1 Å². The Balaban J connectivity index is 1.26. The van der Waals surface area contributed by atoms with Crippen LogP contribution in [-0.2, 0) is 18.2 Å². The van der Waals surface area contributed by atoms with Crippen LogP contribution in [0.5, 0.6) is 5.88 Å². The molecule has 35 heavy (non-hydrogen) atoms. The van der Waals surface area contributed by atoms with Crippen LogP contribution in [0.25, 0.3) is 11.4 Å². The number of morpholine rings is 1. The molecule has 2 fully saturated rings. The Labute approximate surface area is 203 Å². The molecule has 3 aromatic rings. The first-order chi connectivity index (χ1) is 17.0. The van der Waals surface area contributed by atoms with Crippen molar-refractivity contribution in [2.24, 2.45) is 7.05 Å². The normalized spacial score (nSPS) is 20.2. The fraction of sp³-hybridized carbons (Fsp3) is 0.440. The van der Waals surface area contributed by atoms with Gasteiger partial charge in [-0.1, -0.05) is 0 Å². The molecule has 2 aromatic heterocycles. The molecule has 0 bridgehead atoms. The predicted octanol–water partition coefficient (Wildman–Crippen LogP) is 3.60. The van der Waals surface area contributed by atoms with Gasteiger partial charge in [-0.25, -0.2) is 9.78 Å². The first-order valence-corrected chi connectivity index (χ1v) is 12.1. The minimum Gasteiger partial charge on any atom is -0.471 e. The molecule has 1 saturated heterocycles. The number of fused-ring (bicyclic) bond motifs is 1. The first kappa shape index (κ1) is 21.8. The molecule has 0 unspecified atom stereocenters. The Bertz CT molecular complexity index is 1250. The molecule has 1 atom stereocenters. The zero-order chi connectivity index (χ0) is 24.0. The lowest BCUT2D eigenvalue weighted by Gasteiger charge is -2.37. The molecule has 3 aliphatic rings. The maximum atomic E-state index is 12.3. The van der Waals surface area contributed by atoms with Gasteiger partial charge in [-0.15, -0.1) is 0 Å². The van der Waals surface area contributed by atoms with Crippen molar-refractivity contribution in [3.63, 3.8) is 0 Å². The highest BCUT2D eigenvalue weighted by atomic mass is 16.5. The summed E-state index contributed by atoms with van der Waals surface area (Å²) in [7, 11) is 1.80. The average molecular weight is 476 g/mol. The topological polar surface area (TPSA) is 106 Å². The molecule has 2 N–H and O–H groups in total. The molecule has 10 heteroatoms. The van der Waals surface area contributed by atoms with E-state index in [1.165, 1.54) is 0 Å². The lowest BCUT2D eigenvalue weighted by Crippen LogP contribution is -2.45. The number of hydrogen-bond donors (Lipinski definition) is 2. The van der Waals surface area contributed by atoms with Gasteiger partial charge in [0.2, 0.25) is 5.88 Å². The monoisotopic (exact) mass is 475 g/mol. The number of rotatable bonds is 4. The second-order valence-electron chi connectivity index (χ2n) is 9.59. The Morgan fingerprint density at radius 3 is 2.66 bits per heavy atom. The Kier molecular flexibility index (Phi) is 5.32. The molecule has 4 heterocycles. The predicted molar refractivity (Wildman–Crippen MR) is 132 cm³/mol. The highest BCUT2D eigenvalue weighted by Crippen LogP contribution is 2.49. The Morgan fingerprint density at radius 1 is 1.11 bits per heavy atom. The van der Waals surface area contributed by atoms with Gasteiger partial charge >= 0.3 is 6.03 Å². The van der Waals surface area contributed by atoms with Gasteiger partial charge in [-0.3, -0.25) is 10.00 Å². The molecular weight excluding hydrogens is 446 g/mol. The molecule has 1 spiro atoms. The van der Waals surface area contributed by atoms with Crippen molar-refractivity contribution >= 4 is 23.4 Å². The number of urea groups is 1. The van der Waals surface area contributed by atoms with E-state index in [0.29, 0.717) is 36.4 Å². The fourth-order valence-electron chi connectivity index (χ4n) is 4.73. The van der Waals surface area contributed by atoms with Gasteiger partial charge in [-0.05, 0) is 56.9 Å². The zero-order valence-corrected chi connectivity index (χ0v) is 20.0. The van der Waals surface area contributed by atoms with Crippen molar-refractivity contribution in [2.75, 3.05) is 35.3 Å². The summed E-state index contributed by atoms with van der Waals surface area (Å²) >= 11 is 0. The standard InChI is InChI=1S/C25H29N7O3/c1-16-15-34-14-13-32(16)22-19-7-9-25(10-11-25)35-23(19)29-21(28-22)17-3-5-18(6-4-17)26-24(33)27-20-8-12-31(2)30-20/h3-6,8,12,16H,7,9-11,13-15H2,1-2H3,(H2,26,27,30,33)/t16-/m0/s1. The van der Waals surface area contributed by atoms with Crippen molar-refractivity contribution < 1.29 is 14.3 Å². The second kappa shape index (κ2) is 8.53. The SMILES string of the molecule is C[C@H]1COCCN1c1nc(-c2ccc(NC(=O)Nc3ccn(C)n3)cc2)nc2c1CCC1(CC1)O2. The van der Waals surface area contributed by atoms with Crippen LogP contribution in [0.15, 0.2) is 36.5 Å². The van der Waals surface area contributed by atoms with E-state index >= 15 is 0 Å². The van der Waals surface area contributed by atoms with Crippen molar-refractivity contribution in [2.45, 2.75) is 44.2 Å². The molecule has 2 aliphatic heterocycles. The number of carbonyl (C=O) groups excluding carboxylic acids is 1. The van der Waals surface area contributed by atoms with Crippen LogP contribution in [0.3, 0.4) is 0 Å². The minimum atomic E-state index is -0.354. The van der Waals surface area contributed by atoms with Gasteiger partial charge in [0.15, 0.2) is 11.6 Å². The Morgan fingerprint density at radius 2 is 1.94 bits per heavy atom.